The molecule has 0 radical (unpaired) electrons. The van der Waals surface area contributed by atoms with Crippen molar-refractivity contribution in [3.05, 3.63) is 18.2 Å². The van der Waals surface area contributed by atoms with Crippen molar-refractivity contribution >= 4 is 5.69 Å². The monoisotopic (exact) mass is 207 g/mol. The van der Waals surface area contributed by atoms with Crippen LogP contribution in [0.3, 0.4) is 0 Å². The lowest BCUT2D eigenvalue weighted by Crippen LogP contribution is -2.00. The summed E-state index contributed by atoms with van der Waals surface area (Å²) >= 11 is 0. The summed E-state index contributed by atoms with van der Waals surface area (Å²) in [5, 5.41) is 0. The zero-order chi connectivity index (χ0) is 10.7. The second kappa shape index (κ2) is 4.43. The standard InChI is InChI=1S/C12H17NO2/c1-14-12-8-10(13)4-5-11(12)15-7-6-9-2-3-9/h4-5,8-9H,2-3,6-7,13H2,1H3. The molecule has 1 aromatic rings. The minimum atomic E-state index is 0.696. The van der Waals surface area contributed by atoms with Crippen LogP contribution < -0.4 is 15.2 Å². The lowest BCUT2D eigenvalue weighted by molar-refractivity contribution is 0.283. The van der Waals surface area contributed by atoms with Gasteiger partial charge in [-0.3, -0.25) is 0 Å². The first-order valence-corrected chi connectivity index (χ1v) is 5.36. The maximum atomic E-state index is 5.65. The van der Waals surface area contributed by atoms with E-state index in [0.717, 1.165) is 24.7 Å². The molecule has 2 N–H and O–H groups in total. The van der Waals surface area contributed by atoms with E-state index in [4.69, 9.17) is 15.2 Å². The van der Waals surface area contributed by atoms with Gasteiger partial charge in [-0.05, 0) is 24.5 Å². The Morgan fingerprint density at radius 1 is 1.33 bits per heavy atom. The van der Waals surface area contributed by atoms with Gasteiger partial charge in [-0.2, -0.15) is 0 Å². The maximum Gasteiger partial charge on any atom is 0.162 e. The molecule has 82 valence electrons. The number of ether oxygens (including phenoxy) is 2. The van der Waals surface area contributed by atoms with Crippen molar-refractivity contribution < 1.29 is 9.47 Å². The molecule has 1 aliphatic carbocycles. The summed E-state index contributed by atoms with van der Waals surface area (Å²) in [6, 6.07) is 5.47. The SMILES string of the molecule is COc1cc(N)ccc1OCCC1CC1. The van der Waals surface area contributed by atoms with Gasteiger partial charge in [0.25, 0.3) is 0 Å². The van der Waals surface area contributed by atoms with Gasteiger partial charge in [0.15, 0.2) is 11.5 Å². The minimum absolute atomic E-state index is 0.696. The molecule has 0 amide bonds. The van der Waals surface area contributed by atoms with Crippen LogP contribution in [0.15, 0.2) is 18.2 Å². The fraction of sp³-hybridized carbons (Fsp3) is 0.500. The molecule has 0 unspecified atom stereocenters. The molecule has 3 nitrogen and oxygen atoms in total. The molecule has 1 aliphatic rings. The second-order valence-corrected chi connectivity index (χ2v) is 3.99. The smallest absolute Gasteiger partial charge is 0.162 e. The van der Waals surface area contributed by atoms with E-state index in [0.29, 0.717) is 11.4 Å². The first-order chi connectivity index (χ1) is 7.29. The van der Waals surface area contributed by atoms with E-state index in [-0.39, 0.29) is 0 Å². The number of benzene rings is 1. The van der Waals surface area contributed by atoms with Crippen LogP contribution >= 0.6 is 0 Å². The minimum Gasteiger partial charge on any atom is -0.493 e. The van der Waals surface area contributed by atoms with Crippen molar-refractivity contribution in [3.63, 3.8) is 0 Å². The molecule has 0 aromatic heterocycles. The normalized spacial score (nSPS) is 15.0. The van der Waals surface area contributed by atoms with Crippen molar-refractivity contribution in [1.82, 2.24) is 0 Å². The van der Waals surface area contributed by atoms with Crippen LogP contribution in [0.1, 0.15) is 19.3 Å². The molecule has 0 aliphatic heterocycles. The molecular weight excluding hydrogens is 190 g/mol. The molecule has 1 aromatic carbocycles. The Labute approximate surface area is 90.2 Å². The zero-order valence-electron chi connectivity index (χ0n) is 9.03. The van der Waals surface area contributed by atoms with Gasteiger partial charge in [-0.15, -0.1) is 0 Å². The van der Waals surface area contributed by atoms with E-state index in [9.17, 15) is 0 Å². The Hall–Kier alpha value is -1.38. The highest BCUT2D eigenvalue weighted by Crippen LogP contribution is 2.33. The third-order valence-corrected chi connectivity index (χ3v) is 2.67. The molecule has 1 saturated carbocycles. The Balaban J connectivity index is 1.92. The van der Waals surface area contributed by atoms with E-state index in [1.165, 1.54) is 12.8 Å². The number of rotatable bonds is 5. The fourth-order valence-electron chi connectivity index (χ4n) is 1.55. The van der Waals surface area contributed by atoms with Crippen molar-refractivity contribution in [2.45, 2.75) is 19.3 Å². The molecule has 0 heterocycles. The van der Waals surface area contributed by atoms with Crippen LogP contribution in [0.2, 0.25) is 0 Å². The van der Waals surface area contributed by atoms with Crippen molar-refractivity contribution in [1.29, 1.82) is 0 Å². The van der Waals surface area contributed by atoms with Gasteiger partial charge in [-0.25, -0.2) is 0 Å². The number of hydrogen-bond donors (Lipinski definition) is 1. The molecule has 0 bridgehead atoms. The Morgan fingerprint density at radius 2 is 2.13 bits per heavy atom. The Morgan fingerprint density at radius 3 is 2.80 bits per heavy atom. The van der Waals surface area contributed by atoms with Gasteiger partial charge in [0.1, 0.15) is 0 Å². The molecule has 3 heteroatoms. The number of nitrogen functional groups attached to an aromatic ring is 1. The van der Waals surface area contributed by atoms with Crippen LogP contribution in [0.25, 0.3) is 0 Å². The summed E-state index contributed by atoms with van der Waals surface area (Å²) < 4.78 is 10.8. The highest BCUT2D eigenvalue weighted by atomic mass is 16.5. The second-order valence-electron chi connectivity index (χ2n) is 3.99. The molecule has 0 spiro atoms. The first kappa shape index (κ1) is 10.1. The lowest BCUT2D eigenvalue weighted by Gasteiger charge is -2.10. The van der Waals surface area contributed by atoms with Gasteiger partial charge < -0.3 is 15.2 Å². The summed E-state index contributed by atoms with van der Waals surface area (Å²) in [4.78, 5) is 0. The predicted octanol–water partition coefficient (Wildman–Crippen LogP) is 2.46. The summed E-state index contributed by atoms with van der Waals surface area (Å²) in [5.41, 5.74) is 6.35. The van der Waals surface area contributed by atoms with E-state index in [2.05, 4.69) is 0 Å². The van der Waals surface area contributed by atoms with E-state index >= 15 is 0 Å². The molecular formula is C12H17NO2. The summed E-state index contributed by atoms with van der Waals surface area (Å²) in [5.74, 6) is 2.39. The van der Waals surface area contributed by atoms with E-state index in [1.54, 1.807) is 13.2 Å². The largest absolute Gasteiger partial charge is 0.493 e. The number of anilines is 1. The van der Waals surface area contributed by atoms with Crippen molar-refractivity contribution in [2.24, 2.45) is 5.92 Å². The van der Waals surface area contributed by atoms with Crippen LogP contribution in [-0.2, 0) is 0 Å². The number of hydrogen-bond acceptors (Lipinski definition) is 3. The summed E-state index contributed by atoms with van der Waals surface area (Å²) in [7, 11) is 1.63. The van der Waals surface area contributed by atoms with E-state index in [1.807, 2.05) is 12.1 Å². The number of nitrogens with two attached hydrogens (primary N) is 1. The highest BCUT2D eigenvalue weighted by molar-refractivity contribution is 5.51. The predicted molar refractivity (Wildman–Crippen MR) is 60.2 cm³/mol. The van der Waals surface area contributed by atoms with Crippen molar-refractivity contribution in [2.75, 3.05) is 19.5 Å². The third-order valence-electron chi connectivity index (χ3n) is 2.67. The van der Waals surface area contributed by atoms with Gasteiger partial charge in [0, 0.05) is 11.8 Å². The summed E-state index contributed by atoms with van der Waals surface area (Å²) in [6.45, 7) is 0.769. The quantitative estimate of drug-likeness (QED) is 0.754. The zero-order valence-corrected chi connectivity index (χ0v) is 9.03. The molecule has 1 fully saturated rings. The topological polar surface area (TPSA) is 44.5 Å². The van der Waals surface area contributed by atoms with Crippen LogP contribution in [-0.4, -0.2) is 13.7 Å². The average Bonchev–Trinajstić information content (AvgIpc) is 3.04. The van der Waals surface area contributed by atoms with Gasteiger partial charge in [0.2, 0.25) is 0 Å². The van der Waals surface area contributed by atoms with Crippen LogP contribution in [0.4, 0.5) is 5.69 Å². The van der Waals surface area contributed by atoms with Crippen LogP contribution in [0, 0.1) is 5.92 Å². The van der Waals surface area contributed by atoms with Gasteiger partial charge in [-0.1, -0.05) is 12.8 Å². The molecule has 0 saturated heterocycles. The fourth-order valence-corrected chi connectivity index (χ4v) is 1.55. The van der Waals surface area contributed by atoms with Gasteiger partial charge >= 0.3 is 0 Å². The molecule has 0 atom stereocenters. The Kier molecular flexibility index (Phi) is 2.99. The van der Waals surface area contributed by atoms with Gasteiger partial charge in [0.05, 0.1) is 13.7 Å². The third kappa shape index (κ3) is 2.78. The average molecular weight is 207 g/mol. The molecule has 2 rings (SSSR count). The Bertz CT molecular complexity index is 334. The molecule has 15 heavy (non-hydrogen) atoms. The first-order valence-electron chi connectivity index (χ1n) is 5.36. The lowest BCUT2D eigenvalue weighted by atomic mass is 10.3. The number of methoxy groups -OCH3 is 1. The van der Waals surface area contributed by atoms with Crippen LogP contribution in [0.5, 0.6) is 11.5 Å². The maximum absolute atomic E-state index is 5.65. The van der Waals surface area contributed by atoms with E-state index < -0.39 is 0 Å². The van der Waals surface area contributed by atoms with Crippen molar-refractivity contribution in [3.8, 4) is 11.5 Å². The summed E-state index contributed by atoms with van der Waals surface area (Å²) in [6.07, 6.45) is 3.87. The highest BCUT2D eigenvalue weighted by Gasteiger charge is 2.20.